The molecule has 0 aliphatic carbocycles. The number of hydrogen-bond acceptors (Lipinski definition) is 3. The van der Waals surface area contributed by atoms with E-state index in [-0.39, 0.29) is 12.5 Å². The van der Waals surface area contributed by atoms with Crippen molar-refractivity contribution in [3.05, 3.63) is 4.91 Å². The second-order valence-corrected chi connectivity index (χ2v) is 2.83. The number of nitrogens with zero attached hydrogens (tertiary/aromatic N) is 2. The average Bonchev–Trinajstić information content (AvgIpc) is 2.29. The lowest BCUT2D eigenvalue weighted by Gasteiger charge is -2.19. The van der Waals surface area contributed by atoms with Crippen LogP contribution in [-0.2, 0) is 4.79 Å². The van der Waals surface area contributed by atoms with Crippen molar-refractivity contribution in [1.29, 1.82) is 0 Å². The largest absolute Gasteiger partial charge is 0.338 e. The number of hydrogen-bond donors (Lipinski definition) is 0. The highest BCUT2D eigenvalue weighted by Gasteiger charge is 2.26. The first-order valence-corrected chi connectivity index (χ1v) is 3.84. The van der Waals surface area contributed by atoms with Crippen molar-refractivity contribution in [2.45, 2.75) is 25.8 Å². The first-order valence-electron chi connectivity index (χ1n) is 3.84. The second kappa shape index (κ2) is 3.46. The van der Waals surface area contributed by atoms with Crippen molar-refractivity contribution in [3.63, 3.8) is 0 Å². The summed E-state index contributed by atoms with van der Waals surface area (Å²) in [6.45, 7) is 2.70. The zero-order valence-corrected chi connectivity index (χ0v) is 6.62. The molecule has 4 nitrogen and oxygen atoms in total. The molecule has 11 heavy (non-hydrogen) atoms. The van der Waals surface area contributed by atoms with Crippen LogP contribution in [0.15, 0.2) is 5.18 Å². The lowest BCUT2D eigenvalue weighted by molar-refractivity contribution is -0.128. The summed E-state index contributed by atoms with van der Waals surface area (Å²) in [6, 6.07) is 0.296. The quantitative estimate of drug-likeness (QED) is 0.566. The normalized spacial score (nSPS) is 24.3. The van der Waals surface area contributed by atoms with Gasteiger partial charge in [-0.3, -0.25) is 4.79 Å². The molecule has 0 spiro atoms. The highest BCUT2D eigenvalue weighted by molar-refractivity contribution is 5.78. The van der Waals surface area contributed by atoms with Crippen molar-refractivity contribution >= 4 is 5.91 Å². The molecule has 1 amide bonds. The first-order chi connectivity index (χ1) is 5.25. The third kappa shape index (κ3) is 1.76. The van der Waals surface area contributed by atoms with Crippen LogP contribution in [-0.4, -0.2) is 29.9 Å². The Labute approximate surface area is 65.5 Å². The van der Waals surface area contributed by atoms with E-state index in [9.17, 15) is 9.70 Å². The molecule has 1 unspecified atom stereocenters. The highest BCUT2D eigenvalue weighted by Crippen LogP contribution is 2.16. The summed E-state index contributed by atoms with van der Waals surface area (Å²) in [7, 11) is 0. The van der Waals surface area contributed by atoms with Crippen molar-refractivity contribution in [2.24, 2.45) is 5.18 Å². The fourth-order valence-electron chi connectivity index (χ4n) is 1.37. The Bertz CT molecular complexity index is 170. The van der Waals surface area contributed by atoms with E-state index in [4.69, 9.17) is 0 Å². The summed E-state index contributed by atoms with van der Waals surface area (Å²) in [4.78, 5) is 22.6. The van der Waals surface area contributed by atoms with Crippen LogP contribution in [0.25, 0.3) is 0 Å². The molecule has 4 heteroatoms. The Hall–Kier alpha value is -0.930. The van der Waals surface area contributed by atoms with Gasteiger partial charge in [0.2, 0.25) is 5.91 Å². The summed E-state index contributed by atoms with van der Waals surface area (Å²) in [6.07, 6.45) is 1.54. The van der Waals surface area contributed by atoms with E-state index < -0.39 is 0 Å². The van der Waals surface area contributed by atoms with Gasteiger partial charge in [0.1, 0.15) is 0 Å². The first kappa shape index (κ1) is 8.17. The molecule has 0 saturated carbocycles. The Kier molecular flexibility index (Phi) is 2.57. The molecule has 1 atom stereocenters. The van der Waals surface area contributed by atoms with Crippen molar-refractivity contribution in [1.82, 2.24) is 4.90 Å². The molecule has 1 heterocycles. The van der Waals surface area contributed by atoms with Gasteiger partial charge in [-0.1, -0.05) is 5.18 Å². The molecular weight excluding hydrogens is 144 g/mol. The Morgan fingerprint density at radius 1 is 1.73 bits per heavy atom. The fraction of sp³-hybridized carbons (Fsp3) is 0.857. The maximum Gasteiger partial charge on any atom is 0.222 e. The fourth-order valence-corrected chi connectivity index (χ4v) is 1.37. The van der Waals surface area contributed by atoms with Crippen LogP contribution < -0.4 is 0 Å². The zero-order chi connectivity index (χ0) is 8.27. The maximum atomic E-state index is 11.1. The smallest absolute Gasteiger partial charge is 0.222 e. The van der Waals surface area contributed by atoms with E-state index in [1.54, 1.807) is 4.90 Å². The molecule has 62 valence electrons. The van der Waals surface area contributed by atoms with Gasteiger partial charge in [0.15, 0.2) is 0 Å². The van der Waals surface area contributed by atoms with Crippen LogP contribution in [0.2, 0.25) is 0 Å². The second-order valence-electron chi connectivity index (χ2n) is 2.83. The molecular formula is C7H12N2O2. The lowest BCUT2D eigenvalue weighted by Crippen LogP contribution is -2.33. The van der Waals surface area contributed by atoms with E-state index in [1.807, 2.05) is 6.92 Å². The average molecular weight is 156 g/mol. The summed E-state index contributed by atoms with van der Waals surface area (Å²) in [5.74, 6) is 0.154. The van der Waals surface area contributed by atoms with Gasteiger partial charge in [-0.2, -0.15) is 4.91 Å². The summed E-state index contributed by atoms with van der Waals surface area (Å²) in [5.41, 5.74) is 0. The standard InChI is InChI=1S/C7H12N2O2/c1-6-2-3-7(10)9(6)5-4-8-11/h6H,2-5H2,1H3. The molecule has 1 rings (SSSR count). The van der Waals surface area contributed by atoms with Gasteiger partial charge in [-0.25, -0.2) is 0 Å². The van der Waals surface area contributed by atoms with Gasteiger partial charge in [-0.15, -0.1) is 0 Å². The molecule has 0 bridgehead atoms. The van der Waals surface area contributed by atoms with Gasteiger partial charge in [0.25, 0.3) is 0 Å². The van der Waals surface area contributed by atoms with E-state index in [0.717, 1.165) is 6.42 Å². The Morgan fingerprint density at radius 3 is 2.91 bits per heavy atom. The topological polar surface area (TPSA) is 49.7 Å². The SMILES string of the molecule is CC1CCC(=O)N1CCN=O. The molecule has 0 aromatic rings. The molecule has 1 fully saturated rings. The number of rotatable bonds is 3. The number of amides is 1. The van der Waals surface area contributed by atoms with Crippen LogP contribution in [0.5, 0.6) is 0 Å². The summed E-state index contributed by atoms with van der Waals surface area (Å²) < 4.78 is 0. The van der Waals surface area contributed by atoms with Gasteiger partial charge in [0, 0.05) is 19.0 Å². The molecule has 1 aliphatic heterocycles. The Balaban J connectivity index is 2.41. The van der Waals surface area contributed by atoms with Crippen LogP contribution in [0.3, 0.4) is 0 Å². The minimum Gasteiger partial charge on any atom is -0.338 e. The molecule has 1 saturated heterocycles. The summed E-state index contributed by atoms with van der Waals surface area (Å²) >= 11 is 0. The molecule has 0 aromatic carbocycles. The van der Waals surface area contributed by atoms with Crippen LogP contribution in [0.4, 0.5) is 0 Å². The van der Waals surface area contributed by atoms with Gasteiger partial charge in [-0.05, 0) is 13.3 Å². The van der Waals surface area contributed by atoms with Crippen molar-refractivity contribution < 1.29 is 4.79 Å². The molecule has 1 aliphatic rings. The number of carbonyl (C=O) groups excluding carboxylic acids is 1. The van der Waals surface area contributed by atoms with E-state index in [0.29, 0.717) is 19.0 Å². The van der Waals surface area contributed by atoms with Crippen molar-refractivity contribution in [3.8, 4) is 0 Å². The summed E-state index contributed by atoms with van der Waals surface area (Å²) in [5, 5.41) is 2.72. The van der Waals surface area contributed by atoms with E-state index in [1.165, 1.54) is 0 Å². The highest BCUT2D eigenvalue weighted by atomic mass is 16.3. The number of carbonyl (C=O) groups is 1. The lowest BCUT2D eigenvalue weighted by atomic mass is 10.2. The van der Waals surface area contributed by atoms with E-state index >= 15 is 0 Å². The van der Waals surface area contributed by atoms with Crippen LogP contribution in [0, 0.1) is 4.91 Å². The molecule has 0 aromatic heterocycles. The minimum atomic E-state index is 0.154. The number of likely N-dealkylation sites (tertiary alicyclic amines) is 1. The van der Waals surface area contributed by atoms with E-state index in [2.05, 4.69) is 5.18 Å². The van der Waals surface area contributed by atoms with Gasteiger partial charge in [0.05, 0.1) is 6.54 Å². The molecule has 0 N–H and O–H groups in total. The monoisotopic (exact) mass is 156 g/mol. The van der Waals surface area contributed by atoms with Gasteiger partial charge >= 0.3 is 0 Å². The zero-order valence-electron chi connectivity index (χ0n) is 6.62. The minimum absolute atomic E-state index is 0.154. The van der Waals surface area contributed by atoms with Crippen LogP contribution in [0.1, 0.15) is 19.8 Å². The van der Waals surface area contributed by atoms with Gasteiger partial charge < -0.3 is 4.90 Å². The predicted molar refractivity (Wildman–Crippen MR) is 41.1 cm³/mol. The third-order valence-corrected chi connectivity index (χ3v) is 2.06. The van der Waals surface area contributed by atoms with Crippen LogP contribution >= 0.6 is 0 Å². The van der Waals surface area contributed by atoms with Crippen molar-refractivity contribution in [2.75, 3.05) is 13.1 Å². The number of nitroso groups, excluding NO2 is 1. The third-order valence-electron chi connectivity index (χ3n) is 2.06. The molecule has 0 radical (unpaired) electrons. The maximum absolute atomic E-state index is 11.1. The predicted octanol–water partition coefficient (Wildman–Crippen LogP) is 0.764. The Morgan fingerprint density at radius 2 is 2.45 bits per heavy atom.